The minimum atomic E-state index is -1.67. The van der Waals surface area contributed by atoms with Gasteiger partial charge in [0.1, 0.15) is 5.75 Å². The van der Waals surface area contributed by atoms with Gasteiger partial charge in [-0.1, -0.05) is 12.1 Å². The van der Waals surface area contributed by atoms with Crippen LogP contribution in [0.3, 0.4) is 0 Å². The number of ketones is 1. The summed E-state index contributed by atoms with van der Waals surface area (Å²) >= 11 is 0. The zero-order chi connectivity index (χ0) is 17.9. The number of nitrogens with one attached hydrogen (secondary N) is 1. The summed E-state index contributed by atoms with van der Waals surface area (Å²) in [6.45, 7) is 2.79. The number of ether oxygens (including phenoxy) is 1. The second kappa shape index (κ2) is 7.16. The van der Waals surface area contributed by atoms with Gasteiger partial charge in [-0.05, 0) is 38.1 Å². The lowest BCUT2D eigenvalue weighted by Crippen LogP contribution is -2.30. The van der Waals surface area contributed by atoms with Crippen LogP contribution in [0.5, 0.6) is 5.75 Å². The van der Waals surface area contributed by atoms with Crippen LogP contribution >= 0.6 is 0 Å². The fraction of sp³-hybridized carbons (Fsp3) is 0.176. The molecule has 0 fully saturated rings. The van der Waals surface area contributed by atoms with Gasteiger partial charge in [0.15, 0.2) is 29.3 Å². The average molecular weight is 337 g/mol. The van der Waals surface area contributed by atoms with Gasteiger partial charge in [-0.2, -0.15) is 0 Å². The van der Waals surface area contributed by atoms with E-state index in [9.17, 15) is 22.8 Å². The number of rotatable bonds is 5. The van der Waals surface area contributed by atoms with Crippen molar-refractivity contribution < 1.29 is 27.5 Å². The molecule has 0 aliphatic rings. The summed E-state index contributed by atoms with van der Waals surface area (Å²) in [5.74, 6) is -5.16. The summed E-state index contributed by atoms with van der Waals surface area (Å²) in [7, 11) is 0. The predicted molar refractivity (Wildman–Crippen MR) is 81.5 cm³/mol. The van der Waals surface area contributed by atoms with Gasteiger partial charge >= 0.3 is 0 Å². The third-order valence-electron chi connectivity index (χ3n) is 3.22. The Morgan fingerprint density at radius 2 is 1.79 bits per heavy atom. The van der Waals surface area contributed by atoms with Crippen LogP contribution in [-0.4, -0.2) is 17.8 Å². The van der Waals surface area contributed by atoms with Crippen molar-refractivity contribution in [3.8, 4) is 5.75 Å². The first kappa shape index (κ1) is 17.5. The largest absolute Gasteiger partial charge is 0.481 e. The Morgan fingerprint density at radius 3 is 2.46 bits per heavy atom. The topological polar surface area (TPSA) is 55.4 Å². The van der Waals surface area contributed by atoms with Crippen molar-refractivity contribution in [3.05, 3.63) is 59.4 Å². The lowest BCUT2D eigenvalue weighted by Gasteiger charge is -2.15. The second-order valence-electron chi connectivity index (χ2n) is 5.06. The molecule has 0 saturated heterocycles. The number of carbonyl (C=O) groups is 2. The molecule has 0 bridgehead atoms. The Hall–Kier alpha value is -2.83. The number of hydrogen-bond acceptors (Lipinski definition) is 3. The van der Waals surface area contributed by atoms with E-state index in [1.807, 2.05) is 0 Å². The van der Waals surface area contributed by atoms with Crippen LogP contribution < -0.4 is 10.1 Å². The van der Waals surface area contributed by atoms with E-state index in [1.165, 1.54) is 19.9 Å². The summed E-state index contributed by atoms with van der Waals surface area (Å²) in [4.78, 5) is 23.3. The van der Waals surface area contributed by atoms with Crippen LogP contribution in [0.4, 0.5) is 18.9 Å². The number of carbonyl (C=O) groups excluding carboxylic acids is 2. The first-order valence-corrected chi connectivity index (χ1v) is 7.01. The number of anilines is 1. The quantitative estimate of drug-likeness (QED) is 0.668. The van der Waals surface area contributed by atoms with Gasteiger partial charge in [0.05, 0.1) is 5.69 Å². The van der Waals surface area contributed by atoms with E-state index in [0.29, 0.717) is 11.6 Å². The molecule has 0 radical (unpaired) electrons. The summed E-state index contributed by atoms with van der Waals surface area (Å²) in [6, 6.07) is 7.81. The van der Waals surface area contributed by atoms with Crippen LogP contribution in [0.25, 0.3) is 0 Å². The molecule has 1 amide bonds. The van der Waals surface area contributed by atoms with Crippen LogP contribution in [0, 0.1) is 17.5 Å². The summed E-state index contributed by atoms with van der Waals surface area (Å²) in [5.41, 5.74) is -0.0846. The molecule has 2 aromatic carbocycles. The first-order valence-electron chi connectivity index (χ1n) is 7.01. The molecule has 1 N–H and O–H groups in total. The maximum absolute atomic E-state index is 13.5. The number of benzene rings is 2. The van der Waals surface area contributed by atoms with Crippen molar-refractivity contribution in [3.63, 3.8) is 0 Å². The Morgan fingerprint density at radius 1 is 1.08 bits per heavy atom. The van der Waals surface area contributed by atoms with E-state index in [2.05, 4.69) is 5.32 Å². The van der Waals surface area contributed by atoms with Gasteiger partial charge in [-0.25, -0.2) is 13.2 Å². The summed E-state index contributed by atoms with van der Waals surface area (Å²) in [5, 5.41) is 2.12. The van der Waals surface area contributed by atoms with Crippen LogP contribution in [-0.2, 0) is 4.79 Å². The van der Waals surface area contributed by atoms with Gasteiger partial charge < -0.3 is 10.1 Å². The first-order chi connectivity index (χ1) is 11.3. The van der Waals surface area contributed by atoms with E-state index in [0.717, 1.165) is 6.07 Å². The molecule has 0 aliphatic carbocycles. The molecule has 0 spiro atoms. The van der Waals surface area contributed by atoms with Crippen molar-refractivity contribution in [1.82, 2.24) is 0 Å². The molecule has 0 aromatic heterocycles. The van der Waals surface area contributed by atoms with Crippen molar-refractivity contribution in [2.45, 2.75) is 20.0 Å². The zero-order valence-electron chi connectivity index (χ0n) is 12.9. The van der Waals surface area contributed by atoms with Gasteiger partial charge in [0, 0.05) is 5.56 Å². The van der Waals surface area contributed by atoms with E-state index in [-0.39, 0.29) is 11.5 Å². The zero-order valence-corrected chi connectivity index (χ0v) is 12.9. The number of Topliss-reactive ketones (excluding diaryl/α,β-unsaturated/α-hetero) is 1. The molecule has 126 valence electrons. The Labute approximate surface area is 136 Å². The highest BCUT2D eigenvalue weighted by atomic mass is 19.2. The molecule has 1 atom stereocenters. The number of hydrogen-bond donors (Lipinski definition) is 1. The lowest BCUT2D eigenvalue weighted by molar-refractivity contribution is -0.122. The molecular formula is C17H14F3NO3. The van der Waals surface area contributed by atoms with Gasteiger partial charge in [0.2, 0.25) is 0 Å². The van der Waals surface area contributed by atoms with Crippen LogP contribution in [0.1, 0.15) is 24.2 Å². The smallest absolute Gasteiger partial charge is 0.265 e. The molecule has 0 heterocycles. The summed E-state index contributed by atoms with van der Waals surface area (Å²) in [6.07, 6.45) is -1.06. The molecule has 0 aliphatic heterocycles. The van der Waals surface area contributed by atoms with E-state index in [1.54, 1.807) is 18.2 Å². The molecule has 4 nitrogen and oxygen atoms in total. The van der Waals surface area contributed by atoms with E-state index >= 15 is 0 Å². The second-order valence-corrected chi connectivity index (χ2v) is 5.06. The minimum Gasteiger partial charge on any atom is -0.481 e. The Bertz CT molecular complexity index is 793. The molecule has 2 aromatic rings. The van der Waals surface area contributed by atoms with Crippen LogP contribution in [0.15, 0.2) is 36.4 Å². The van der Waals surface area contributed by atoms with Crippen LogP contribution in [0.2, 0.25) is 0 Å². The van der Waals surface area contributed by atoms with Crippen molar-refractivity contribution in [1.29, 1.82) is 0 Å². The molecule has 24 heavy (non-hydrogen) atoms. The lowest BCUT2D eigenvalue weighted by atomic mass is 10.1. The monoisotopic (exact) mass is 337 g/mol. The Kier molecular flexibility index (Phi) is 5.23. The maximum atomic E-state index is 13.5. The molecule has 7 heteroatoms. The highest BCUT2D eigenvalue weighted by Crippen LogP contribution is 2.21. The average Bonchev–Trinajstić information content (AvgIpc) is 2.55. The fourth-order valence-electron chi connectivity index (χ4n) is 1.90. The number of amides is 1. The fourth-order valence-corrected chi connectivity index (χ4v) is 1.90. The summed E-state index contributed by atoms with van der Waals surface area (Å²) < 4.78 is 44.9. The van der Waals surface area contributed by atoms with E-state index < -0.39 is 35.2 Å². The molecular weight excluding hydrogens is 323 g/mol. The highest BCUT2D eigenvalue weighted by molar-refractivity contribution is 5.95. The minimum absolute atomic E-state index is 0.165. The highest BCUT2D eigenvalue weighted by Gasteiger charge is 2.19. The SMILES string of the molecule is CC(=O)c1cccc(O[C@@H](C)C(=O)Nc2ccc(F)c(F)c2F)c1. The molecule has 2 rings (SSSR count). The van der Waals surface area contributed by atoms with E-state index in [4.69, 9.17) is 4.74 Å². The molecule has 0 unspecified atom stereocenters. The predicted octanol–water partition coefficient (Wildman–Crippen LogP) is 3.71. The normalized spacial score (nSPS) is 11.7. The van der Waals surface area contributed by atoms with Gasteiger partial charge in [-0.15, -0.1) is 0 Å². The van der Waals surface area contributed by atoms with Gasteiger partial charge in [0.25, 0.3) is 5.91 Å². The van der Waals surface area contributed by atoms with Crippen molar-refractivity contribution in [2.24, 2.45) is 0 Å². The standard InChI is InChI=1S/C17H14F3NO3/c1-9(22)11-4-3-5-12(8-11)24-10(2)17(23)21-14-7-6-13(18)15(19)16(14)20/h3-8,10H,1-2H3,(H,21,23)/t10-/m0/s1. The Balaban J connectivity index is 2.09. The van der Waals surface area contributed by atoms with Crippen molar-refractivity contribution >= 4 is 17.4 Å². The van der Waals surface area contributed by atoms with Gasteiger partial charge in [-0.3, -0.25) is 9.59 Å². The third-order valence-corrected chi connectivity index (χ3v) is 3.22. The maximum Gasteiger partial charge on any atom is 0.265 e. The number of halogens is 3. The third kappa shape index (κ3) is 3.92. The van der Waals surface area contributed by atoms with Crippen molar-refractivity contribution in [2.75, 3.05) is 5.32 Å². The molecule has 0 saturated carbocycles.